The third-order valence-electron chi connectivity index (χ3n) is 3.02. The molecule has 17 heavy (non-hydrogen) atoms. The van der Waals surface area contributed by atoms with Gasteiger partial charge in [-0.3, -0.25) is 4.98 Å². The molecular weight excluding hydrogens is 208 g/mol. The first-order chi connectivity index (χ1) is 8.33. The molecule has 0 spiro atoms. The number of nitrogens with zero attached hydrogens (tertiary/aromatic N) is 2. The fraction of sp³-hybridized carbons (Fsp3) is 0.200. The first kappa shape index (κ1) is 10.2. The van der Waals surface area contributed by atoms with E-state index in [-0.39, 0.29) is 0 Å². The molecule has 0 radical (unpaired) electrons. The maximum Gasteiger partial charge on any atom is 0.0892 e. The summed E-state index contributed by atoms with van der Waals surface area (Å²) in [4.78, 5) is 9.17. The zero-order valence-corrected chi connectivity index (χ0v) is 9.80. The van der Waals surface area contributed by atoms with E-state index in [2.05, 4.69) is 41.2 Å². The summed E-state index contributed by atoms with van der Waals surface area (Å²) in [5, 5.41) is 2.04. The average molecular weight is 222 g/mol. The largest absolute Gasteiger partial charge is 0.253 e. The Morgan fingerprint density at radius 2 is 1.94 bits per heavy atom. The van der Waals surface area contributed by atoms with Gasteiger partial charge in [0.2, 0.25) is 0 Å². The molecule has 0 saturated carbocycles. The fourth-order valence-corrected chi connectivity index (χ4v) is 2.08. The number of hydrogen-bond donors (Lipinski definition) is 0. The summed E-state index contributed by atoms with van der Waals surface area (Å²) in [6, 6.07) is 10.2. The summed E-state index contributed by atoms with van der Waals surface area (Å²) in [5.74, 6) is 0.558. The lowest BCUT2D eigenvalue weighted by Crippen LogP contribution is -2.34. The van der Waals surface area contributed by atoms with E-state index in [9.17, 15) is 0 Å². The minimum atomic E-state index is 0.558. The van der Waals surface area contributed by atoms with Crippen molar-refractivity contribution in [3.63, 3.8) is 0 Å². The Morgan fingerprint density at radius 1 is 1.12 bits per heavy atom. The second-order valence-corrected chi connectivity index (χ2v) is 4.48. The third-order valence-corrected chi connectivity index (χ3v) is 3.02. The van der Waals surface area contributed by atoms with Crippen LogP contribution in [0.5, 0.6) is 0 Å². The highest BCUT2D eigenvalue weighted by atomic mass is 14.8. The van der Waals surface area contributed by atoms with Crippen LogP contribution in [-0.2, 0) is 0 Å². The molecule has 1 heterocycles. The van der Waals surface area contributed by atoms with Gasteiger partial charge in [0.1, 0.15) is 0 Å². The summed E-state index contributed by atoms with van der Waals surface area (Å²) in [6.07, 6.45) is 7.29. The van der Waals surface area contributed by atoms with Crippen LogP contribution in [0.15, 0.2) is 36.5 Å². The molecule has 3 rings (SSSR count). The molecule has 0 fully saturated rings. The Balaban J connectivity index is 2.17. The molecular formula is C15H14N2. The predicted molar refractivity (Wildman–Crippen MR) is 69.4 cm³/mol. The zero-order valence-electron chi connectivity index (χ0n) is 9.80. The molecule has 0 saturated heterocycles. The van der Waals surface area contributed by atoms with Gasteiger partial charge < -0.3 is 0 Å². The van der Waals surface area contributed by atoms with E-state index in [1.54, 1.807) is 0 Å². The van der Waals surface area contributed by atoms with Crippen LogP contribution in [0, 0.1) is 5.92 Å². The zero-order chi connectivity index (χ0) is 11.7. The fourth-order valence-electron chi connectivity index (χ4n) is 2.08. The van der Waals surface area contributed by atoms with Gasteiger partial charge in [0.25, 0.3) is 0 Å². The molecule has 2 heteroatoms. The quantitative estimate of drug-likeness (QED) is 0.734. The SMILES string of the molecule is C[C@H]1C=c2nc(-c3ccccc3)cnc2=CC1. The molecule has 1 aliphatic carbocycles. The van der Waals surface area contributed by atoms with Crippen LogP contribution in [0.4, 0.5) is 0 Å². The highest BCUT2D eigenvalue weighted by molar-refractivity contribution is 5.57. The summed E-state index contributed by atoms with van der Waals surface area (Å²) in [7, 11) is 0. The molecule has 1 aliphatic rings. The highest BCUT2D eigenvalue weighted by Gasteiger charge is 2.05. The van der Waals surface area contributed by atoms with E-state index in [1.165, 1.54) is 0 Å². The average Bonchev–Trinajstić information content (AvgIpc) is 2.39. The molecule has 0 bridgehead atoms. The van der Waals surface area contributed by atoms with Gasteiger partial charge >= 0.3 is 0 Å². The Hall–Kier alpha value is -1.96. The van der Waals surface area contributed by atoms with Gasteiger partial charge in [-0.1, -0.05) is 49.4 Å². The molecule has 0 aliphatic heterocycles. The lowest BCUT2D eigenvalue weighted by Gasteiger charge is -2.07. The van der Waals surface area contributed by atoms with Crippen LogP contribution < -0.4 is 10.7 Å². The van der Waals surface area contributed by atoms with Crippen molar-refractivity contribution in [2.45, 2.75) is 13.3 Å². The maximum atomic E-state index is 4.68. The topological polar surface area (TPSA) is 25.8 Å². The molecule has 0 amide bonds. The predicted octanol–water partition coefficient (Wildman–Crippen LogP) is 1.74. The molecule has 1 atom stereocenters. The van der Waals surface area contributed by atoms with Gasteiger partial charge in [-0.05, 0) is 12.3 Å². The Kier molecular flexibility index (Phi) is 2.48. The lowest BCUT2D eigenvalue weighted by atomic mass is 10.0. The Labute approximate surface area is 100 Å². The first-order valence-corrected chi connectivity index (χ1v) is 5.93. The molecule has 0 unspecified atom stereocenters. The number of hydrogen-bond acceptors (Lipinski definition) is 2. The van der Waals surface area contributed by atoms with Crippen molar-refractivity contribution < 1.29 is 0 Å². The monoisotopic (exact) mass is 222 g/mol. The summed E-state index contributed by atoms with van der Waals surface area (Å²) >= 11 is 0. The summed E-state index contributed by atoms with van der Waals surface area (Å²) in [5.41, 5.74) is 2.07. The number of fused-ring (bicyclic) bond motifs is 1. The van der Waals surface area contributed by atoms with Gasteiger partial charge in [-0.25, -0.2) is 4.98 Å². The second kappa shape index (κ2) is 4.13. The van der Waals surface area contributed by atoms with Gasteiger partial charge in [0, 0.05) is 5.56 Å². The number of benzene rings is 1. The smallest absolute Gasteiger partial charge is 0.0892 e. The molecule has 2 nitrogen and oxygen atoms in total. The van der Waals surface area contributed by atoms with Crippen LogP contribution >= 0.6 is 0 Å². The molecule has 1 aromatic heterocycles. The first-order valence-electron chi connectivity index (χ1n) is 5.93. The van der Waals surface area contributed by atoms with Crippen molar-refractivity contribution in [2.24, 2.45) is 5.92 Å². The Bertz CT molecular complexity index is 644. The van der Waals surface area contributed by atoms with E-state index in [4.69, 9.17) is 0 Å². The van der Waals surface area contributed by atoms with Crippen molar-refractivity contribution in [3.8, 4) is 11.3 Å². The minimum Gasteiger partial charge on any atom is -0.253 e. The van der Waals surface area contributed by atoms with Gasteiger partial charge in [0.15, 0.2) is 0 Å². The normalized spacial score (nSPS) is 17.8. The molecule has 1 aromatic carbocycles. The standard InChI is InChI=1S/C15H14N2/c1-11-7-8-13-14(9-11)17-15(10-16-13)12-5-3-2-4-6-12/h2-6,8-11H,7H2,1H3/t11-/m1/s1. The van der Waals surface area contributed by atoms with Crippen LogP contribution in [0.2, 0.25) is 0 Å². The van der Waals surface area contributed by atoms with E-state index in [0.29, 0.717) is 5.92 Å². The van der Waals surface area contributed by atoms with Crippen molar-refractivity contribution in [1.29, 1.82) is 0 Å². The number of rotatable bonds is 1. The van der Waals surface area contributed by atoms with Crippen molar-refractivity contribution in [3.05, 3.63) is 47.2 Å². The van der Waals surface area contributed by atoms with E-state index in [0.717, 1.165) is 28.4 Å². The van der Waals surface area contributed by atoms with Crippen LogP contribution in [0.3, 0.4) is 0 Å². The van der Waals surface area contributed by atoms with Crippen LogP contribution in [-0.4, -0.2) is 9.97 Å². The van der Waals surface area contributed by atoms with Crippen LogP contribution in [0.1, 0.15) is 13.3 Å². The highest BCUT2D eigenvalue weighted by Crippen LogP contribution is 2.13. The van der Waals surface area contributed by atoms with E-state index >= 15 is 0 Å². The number of aromatic nitrogens is 2. The lowest BCUT2D eigenvalue weighted by molar-refractivity contribution is 0.789. The van der Waals surface area contributed by atoms with Gasteiger partial charge in [0.05, 0.1) is 22.6 Å². The minimum absolute atomic E-state index is 0.558. The summed E-state index contributed by atoms with van der Waals surface area (Å²) < 4.78 is 0. The maximum absolute atomic E-state index is 4.68. The van der Waals surface area contributed by atoms with Crippen molar-refractivity contribution in [1.82, 2.24) is 9.97 Å². The van der Waals surface area contributed by atoms with Gasteiger partial charge in [-0.15, -0.1) is 0 Å². The third kappa shape index (κ3) is 1.98. The summed E-state index contributed by atoms with van der Waals surface area (Å²) in [6.45, 7) is 2.20. The van der Waals surface area contributed by atoms with Crippen LogP contribution in [0.25, 0.3) is 23.4 Å². The van der Waals surface area contributed by atoms with Crippen molar-refractivity contribution >= 4 is 12.2 Å². The van der Waals surface area contributed by atoms with E-state index in [1.807, 2.05) is 24.4 Å². The van der Waals surface area contributed by atoms with Crippen molar-refractivity contribution in [2.75, 3.05) is 0 Å². The second-order valence-electron chi connectivity index (χ2n) is 4.48. The molecule has 0 N–H and O–H groups in total. The van der Waals surface area contributed by atoms with Gasteiger partial charge in [-0.2, -0.15) is 0 Å². The van der Waals surface area contributed by atoms with E-state index < -0.39 is 0 Å². The molecule has 84 valence electrons. The molecule has 2 aromatic rings. The Morgan fingerprint density at radius 3 is 2.76 bits per heavy atom.